The molecule has 0 aliphatic heterocycles. The maximum absolute atomic E-state index is 12.9. The Bertz CT molecular complexity index is 511. The third-order valence-corrected chi connectivity index (χ3v) is 5.01. The average Bonchev–Trinajstić information content (AvgIpc) is 2.33. The van der Waals surface area contributed by atoms with Gasteiger partial charge in [0.05, 0.1) is 5.56 Å². The molecule has 0 bridgehead atoms. The smallest absolute Gasteiger partial charge is 0.382 e. The average molecular weight is 364 g/mol. The van der Waals surface area contributed by atoms with Crippen LogP contribution in [0.15, 0.2) is 22.7 Å². The molecule has 0 radical (unpaired) electrons. The van der Waals surface area contributed by atoms with Crippen molar-refractivity contribution in [3.05, 3.63) is 28.2 Å². The lowest BCUT2D eigenvalue weighted by molar-refractivity contribution is -0.138. The van der Waals surface area contributed by atoms with E-state index < -0.39 is 11.7 Å². The summed E-state index contributed by atoms with van der Waals surface area (Å²) in [6.07, 6.45) is -1.16. The first kappa shape index (κ1) is 16.7. The van der Waals surface area contributed by atoms with E-state index in [0.29, 0.717) is 17.0 Å². The van der Waals surface area contributed by atoms with Gasteiger partial charge in [-0.1, -0.05) is 36.7 Å². The van der Waals surface area contributed by atoms with E-state index >= 15 is 0 Å². The second-order valence-electron chi connectivity index (χ2n) is 6.83. The highest BCUT2D eigenvalue weighted by atomic mass is 79.9. The van der Waals surface area contributed by atoms with Crippen molar-refractivity contribution in [1.82, 2.24) is 0 Å². The predicted molar refractivity (Wildman–Crippen MR) is 83.4 cm³/mol. The van der Waals surface area contributed by atoms with Crippen LogP contribution in [0, 0.1) is 11.3 Å². The van der Waals surface area contributed by atoms with E-state index in [1.165, 1.54) is 12.1 Å². The minimum absolute atomic E-state index is 0.0818. The lowest BCUT2D eigenvalue weighted by Crippen LogP contribution is -2.36. The summed E-state index contributed by atoms with van der Waals surface area (Å²) in [7, 11) is 0. The van der Waals surface area contributed by atoms with Gasteiger partial charge in [0.15, 0.2) is 0 Å². The number of nitrogens with one attached hydrogen (secondary N) is 1. The number of halogens is 4. The summed E-state index contributed by atoms with van der Waals surface area (Å²) in [6.45, 7) is 6.67. The molecule has 21 heavy (non-hydrogen) atoms. The largest absolute Gasteiger partial charge is 0.417 e. The van der Waals surface area contributed by atoms with E-state index in [4.69, 9.17) is 0 Å². The molecule has 1 aromatic rings. The molecule has 0 saturated heterocycles. The number of hydrogen-bond acceptors (Lipinski definition) is 1. The van der Waals surface area contributed by atoms with Crippen LogP contribution in [-0.2, 0) is 6.18 Å². The molecule has 0 amide bonds. The first-order valence-electron chi connectivity index (χ1n) is 7.22. The van der Waals surface area contributed by atoms with E-state index in [2.05, 4.69) is 42.0 Å². The topological polar surface area (TPSA) is 12.0 Å². The molecule has 5 heteroatoms. The Kier molecular flexibility index (Phi) is 4.62. The van der Waals surface area contributed by atoms with Crippen molar-refractivity contribution < 1.29 is 13.2 Å². The molecule has 1 saturated carbocycles. The molecule has 0 aromatic heterocycles. The predicted octanol–water partition coefficient (Wildman–Crippen LogP) is 6.09. The molecular weight excluding hydrogens is 343 g/mol. The summed E-state index contributed by atoms with van der Waals surface area (Å²) in [6, 6.07) is 4.59. The maximum atomic E-state index is 12.9. The van der Waals surface area contributed by atoms with Gasteiger partial charge < -0.3 is 5.32 Å². The number of hydrogen-bond donors (Lipinski definition) is 1. The molecule has 1 aliphatic carbocycles. The molecule has 2 rings (SSSR count). The van der Waals surface area contributed by atoms with Gasteiger partial charge in [-0.3, -0.25) is 0 Å². The van der Waals surface area contributed by atoms with Crippen molar-refractivity contribution in [2.75, 3.05) is 5.32 Å². The Labute approximate surface area is 132 Å². The Morgan fingerprint density at radius 1 is 1.29 bits per heavy atom. The first-order chi connectivity index (χ1) is 9.58. The zero-order chi connectivity index (χ0) is 15.8. The quantitative estimate of drug-likeness (QED) is 0.669. The van der Waals surface area contributed by atoms with Crippen molar-refractivity contribution in [3.8, 4) is 0 Å². The van der Waals surface area contributed by atoms with Crippen LogP contribution in [0.3, 0.4) is 0 Å². The highest BCUT2D eigenvalue weighted by Crippen LogP contribution is 2.40. The number of alkyl halides is 3. The number of benzene rings is 1. The monoisotopic (exact) mass is 363 g/mol. The van der Waals surface area contributed by atoms with Gasteiger partial charge >= 0.3 is 6.18 Å². The van der Waals surface area contributed by atoms with Crippen LogP contribution in [0.5, 0.6) is 0 Å². The second-order valence-corrected chi connectivity index (χ2v) is 7.68. The zero-order valence-electron chi connectivity index (χ0n) is 12.5. The molecular formula is C16H21BrF3N. The third-order valence-electron chi connectivity index (χ3n) is 4.32. The summed E-state index contributed by atoms with van der Waals surface area (Å²) in [5.41, 5.74) is 0.243. The molecule has 1 fully saturated rings. The normalized spacial score (nSPS) is 25.7. The van der Waals surface area contributed by atoms with E-state index in [0.717, 1.165) is 19.3 Å². The van der Waals surface area contributed by atoms with Crippen molar-refractivity contribution >= 4 is 21.6 Å². The summed E-state index contributed by atoms with van der Waals surface area (Å²) in [5.74, 6) is 0.451. The van der Waals surface area contributed by atoms with Gasteiger partial charge in [0.25, 0.3) is 0 Å². The molecule has 2 unspecified atom stereocenters. The highest BCUT2D eigenvalue weighted by molar-refractivity contribution is 9.10. The summed E-state index contributed by atoms with van der Waals surface area (Å²) >= 11 is 2.97. The van der Waals surface area contributed by atoms with E-state index in [1.54, 1.807) is 6.07 Å². The van der Waals surface area contributed by atoms with Crippen LogP contribution in [0.1, 0.15) is 45.6 Å². The molecule has 1 aromatic carbocycles. The molecule has 0 heterocycles. The molecule has 1 nitrogen and oxygen atoms in total. The Balaban J connectivity index is 2.14. The summed E-state index contributed by atoms with van der Waals surface area (Å²) < 4.78 is 38.9. The second kappa shape index (κ2) is 5.82. The third kappa shape index (κ3) is 4.15. The van der Waals surface area contributed by atoms with Crippen molar-refractivity contribution in [1.29, 1.82) is 0 Å². The lowest BCUT2D eigenvalue weighted by Gasteiger charge is -2.40. The zero-order valence-corrected chi connectivity index (χ0v) is 14.1. The first-order valence-corrected chi connectivity index (χ1v) is 8.01. The minimum Gasteiger partial charge on any atom is -0.382 e. The minimum atomic E-state index is -4.34. The number of rotatable bonds is 2. The van der Waals surface area contributed by atoms with Gasteiger partial charge in [0, 0.05) is 16.2 Å². The Morgan fingerprint density at radius 3 is 2.52 bits per heavy atom. The molecule has 118 valence electrons. The highest BCUT2D eigenvalue weighted by Gasteiger charge is 2.35. The SMILES string of the molecule is CC1CC(C)(C)CCC1Nc1ccc(Br)c(C(F)(F)F)c1. The molecule has 0 spiro atoms. The van der Waals surface area contributed by atoms with Crippen LogP contribution in [0.4, 0.5) is 18.9 Å². The van der Waals surface area contributed by atoms with Gasteiger partial charge in [0.2, 0.25) is 0 Å². The fraction of sp³-hybridized carbons (Fsp3) is 0.625. The summed E-state index contributed by atoms with van der Waals surface area (Å²) in [5, 5.41) is 3.29. The van der Waals surface area contributed by atoms with E-state index in [-0.39, 0.29) is 10.5 Å². The van der Waals surface area contributed by atoms with Crippen LogP contribution in [0.2, 0.25) is 0 Å². The van der Waals surface area contributed by atoms with E-state index in [1.807, 2.05) is 0 Å². The Morgan fingerprint density at radius 2 is 1.95 bits per heavy atom. The van der Waals surface area contributed by atoms with Crippen LogP contribution < -0.4 is 5.32 Å². The van der Waals surface area contributed by atoms with Gasteiger partial charge in [-0.25, -0.2) is 0 Å². The maximum Gasteiger partial charge on any atom is 0.417 e. The van der Waals surface area contributed by atoms with Crippen molar-refractivity contribution in [3.63, 3.8) is 0 Å². The standard InChI is InChI=1S/C16H21BrF3N/c1-10-9-15(2,3)7-6-14(10)21-11-4-5-13(17)12(8-11)16(18,19)20/h4-5,8,10,14,21H,6-7,9H2,1-3H3. The van der Waals surface area contributed by atoms with Crippen LogP contribution in [-0.4, -0.2) is 6.04 Å². The van der Waals surface area contributed by atoms with Crippen LogP contribution in [0.25, 0.3) is 0 Å². The Hall–Kier alpha value is -0.710. The fourth-order valence-electron chi connectivity index (χ4n) is 3.21. The fourth-order valence-corrected chi connectivity index (χ4v) is 3.68. The van der Waals surface area contributed by atoms with Crippen LogP contribution >= 0.6 is 15.9 Å². The van der Waals surface area contributed by atoms with Gasteiger partial charge in [-0.2, -0.15) is 13.2 Å². The van der Waals surface area contributed by atoms with Gasteiger partial charge in [-0.15, -0.1) is 0 Å². The molecule has 2 atom stereocenters. The van der Waals surface area contributed by atoms with Gasteiger partial charge in [0.1, 0.15) is 0 Å². The van der Waals surface area contributed by atoms with Gasteiger partial charge in [-0.05, 0) is 48.8 Å². The van der Waals surface area contributed by atoms with E-state index in [9.17, 15) is 13.2 Å². The van der Waals surface area contributed by atoms with Crippen molar-refractivity contribution in [2.24, 2.45) is 11.3 Å². The van der Waals surface area contributed by atoms with Crippen molar-refractivity contribution in [2.45, 2.75) is 52.3 Å². The number of anilines is 1. The molecule has 1 aliphatic rings. The summed E-state index contributed by atoms with van der Waals surface area (Å²) in [4.78, 5) is 0. The molecule has 1 N–H and O–H groups in total. The lowest BCUT2D eigenvalue weighted by atomic mass is 9.70.